The molecule has 6 nitrogen and oxygen atoms in total. The van der Waals surface area contributed by atoms with E-state index >= 15 is 0 Å². The molecule has 0 spiro atoms. The topological polar surface area (TPSA) is 69.8 Å². The fourth-order valence-electron chi connectivity index (χ4n) is 4.37. The zero-order chi connectivity index (χ0) is 20.4. The van der Waals surface area contributed by atoms with Crippen molar-refractivity contribution < 1.29 is 13.6 Å². The molecule has 0 aliphatic carbocycles. The van der Waals surface area contributed by atoms with E-state index in [1.807, 2.05) is 59.9 Å². The summed E-state index contributed by atoms with van der Waals surface area (Å²) in [5, 5.41) is 2.38. The third-order valence-electron chi connectivity index (χ3n) is 5.62. The summed E-state index contributed by atoms with van der Waals surface area (Å²) in [6.07, 6.45) is 1.48. The van der Waals surface area contributed by atoms with Gasteiger partial charge in [0.05, 0.1) is 6.26 Å². The average Bonchev–Trinajstić information content (AvgIpc) is 3.50. The first-order valence-corrected chi connectivity index (χ1v) is 9.76. The number of carbonyl (C=O) groups is 1. The van der Waals surface area contributed by atoms with Gasteiger partial charge in [-0.25, -0.2) is 0 Å². The van der Waals surface area contributed by atoms with Crippen molar-refractivity contribution in [1.29, 1.82) is 0 Å². The summed E-state index contributed by atoms with van der Waals surface area (Å²) in [7, 11) is 0. The highest BCUT2D eigenvalue weighted by molar-refractivity contribution is 6.20. The van der Waals surface area contributed by atoms with Gasteiger partial charge in [-0.3, -0.25) is 18.6 Å². The predicted molar refractivity (Wildman–Crippen MR) is 114 cm³/mol. The van der Waals surface area contributed by atoms with Crippen molar-refractivity contribution in [2.24, 2.45) is 0 Å². The van der Waals surface area contributed by atoms with Crippen molar-refractivity contribution >= 4 is 44.3 Å². The molecule has 0 aliphatic rings. The highest BCUT2D eigenvalue weighted by Gasteiger charge is 2.27. The lowest BCUT2D eigenvalue weighted by Gasteiger charge is -2.09. The van der Waals surface area contributed by atoms with Crippen molar-refractivity contribution in [2.45, 2.75) is 13.5 Å². The molecule has 0 N–H and O–H groups in total. The van der Waals surface area contributed by atoms with Gasteiger partial charge >= 0.3 is 0 Å². The SMILES string of the molecule is CCn1c(=O)c2oc3ccccc3c2n2c(C(=O)c3ccco3)c3ccccc3c12. The quantitative estimate of drug-likeness (QED) is 0.395. The van der Waals surface area contributed by atoms with Gasteiger partial charge in [0.15, 0.2) is 5.76 Å². The molecule has 6 rings (SSSR count). The first-order chi connectivity index (χ1) is 14.7. The van der Waals surface area contributed by atoms with Crippen LogP contribution in [0, 0.1) is 0 Å². The molecular formula is C24H16N2O4. The van der Waals surface area contributed by atoms with Gasteiger partial charge in [0.1, 0.15) is 22.4 Å². The molecule has 4 heterocycles. The number of para-hydroxylation sites is 1. The number of carbonyl (C=O) groups excluding carboxylic acids is 1. The number of rotatable bonds is 3. The van der Waals surface area contributed by atoms with Crippen LogP contribution in [0.25, 0.3) is 38.5 Å². The molecule has 0 saturated heterocycles. The fraction of sp³-hybridized carbons (Fsp3) is 0.0833. The second-order valence-electron chi connectivity index (χ2n) is 7.18. The van der Waals surface area contributed by atoms with Gasteiger partial charge in [-0.2, -0.15) is 0 Å². The summed E-state index contributed by atoms with van der Waals surface area (Å²) < 4.78 is 14.9. The number of hydrogen-bond donors (Lipinski definition) is 0. The van der Waals surface area contributed by atoms with Crippen LogP contribution in [0.2, 0.25) is 0 Å². The summed E-state index contributed by atoms with van der Waals surface area (Å²) in [6, 6.07) is 18.5. The maximum atomic E-state index is 13.6. The van der Waals surface area contributed by atoms with Crippen LogP contribution in [0.15, 0.2) is 80.6 Å². The Morgan fingerprint density at radius 1 is 0.933 bits per heavy atom. The van der Waals surface area contributed by atoms with Crippen LogP contribution in [0.1, 0.15) is 23.2 Å². The van der Waals surface area contributed by atoms with E-state index in [1.165, 1.54) is 6.26 Å². The molecule has 0 bridgehead atoms. The zero-order valence-corrected chi connectivity index (χ0v) is 16.1. The summed E-state index contributed by atoms with van der Waals surface area (Å²) >= 11 is 0. The number of aryl methyl sites for hydroxylation is 1. The van der Waals surface area contributed by atoms with Crippen LogP contribution in [0.3, 0.4) is 0 Å². The Labute approximate surface area is 169 Å². The molecule has 0 radical (unpaired) electrons. The molecule has 4 aromatic heterocycles. The van der Waals surface area contributed by atoms with E-state index in [0.29, 0.717) is 29.0 Å². The number of furan rings is 2. The number of nitrogens with zero attached hydrogens (tertiary/aromatic N) is 2. The first-order valence-electron chi connectivity index (χ1n) is 9.76. The lowest BCUT2D eigenvalue weighted by molar-refractivity contribution is 0.101. The predicted octanol–water partition coefficient (Wildman–Crippen LogP) is 5.00. The third-order valence-corrected chi connectivity index (χ3v) is 5.62. The monoisotopic (exact) mass is 396 g/mol. The molecule has 2 aromatic carbocycles. The van der Waals surface area contributed by atoms with Gasteiger partial charge in [-0.15, -0.1) is 0 Å². The Kier molecular flexibility index (Phi) is 3.35. The minimum absolute atomic E-state index is 0.212. The van der Waals surface area contributed by atoms with E-state index in [2.05, 4.69) is 0 Å². The zero-order valence-electron chi connectivity index (χ0n) is 16.1. The van der Waals surface area contributed by atoms with Crippen molar-refractivity contribution in [3.8, 4) is 0 Å². The van der Waals surface area contributed by atoms with Crippen LogP contribution in [-0.4, -0.2) is 14.8 Å². The average molecular weight is 396 g/mol. The number of ketones is 1. The summed E-state index contributed by atoms with van der Waals surface area (Å²) in [6.45, 7) is 2.35. The second-order valence-corrected chi connectivity index (χ2v) is 7.18. The molecule has 0 saturated carbocycles. The number of hydrogen-bond acceptors (Lipinski definition) is 4. The lowest BCUT2D eigenvalue weighted by atomic mass is 10.1. The fourth-order valence-corrected chi connectivity index (χ4v) is 4.37. The Bertz CT molecular complexity index is 1660. The van der Waals surface area contributed by atoms with Gasteiger partial charge in [0.25, 0.3) is 5.56 Å². The summed E-state index contributed by atoms with van der Waals surface area (Å²) in [5.74, 6) is -0.000523. The molecule has 146 valence electrons. The number of aromatic nitrogens is 2. The van der Waals surface area contributed by atoms with Crippen molar-refractivity contribution in [3.05, 3.63) is 88.7 Å². The van der Waals surface area contributed by atoms with E-state index < -0.39 is 0 Å². The van der Waals surface area contributed by atoms with E-state index in [4.69, 9.17) is 8.83 Å². The van der Waals surface area contributed by atoms with Crippen molar-refractivity contribution in [1.82, 2.24) is 8.97 Å². The lowest BCUT2D eigenvalue weighted by Crippen LogP contribution is -2.22. The summed E-state index contributed by atoms with van der Waals surface area (Å²) in [4.78, 5) is 26.9. The molecule has 30 heavy (non-hydrogen) atoms. The highest BCUT2D eigenvalue weighted by atomic mass is 16.3. The Morgan fingerprint density at radius 2 is 1.67 bits per heavy atom. The minimum Gasteiger partial charge on any atom is -0.461 e. The normalized spacial score (nSPS) is 11.9. The Balaban J connectivity index is 1.97. The van der Waals surface area contributed by atoms with Gasteiger partial charge in [-0.05, 0) is 31.2 Å². The van der Waals surface area contributed by atoms with Crippen LogP contribution >= 0.6 is 0 Å². The number of benzene rings is 2. The Morgan fingerprint density at radius 3 is 2.40 bits per heavy atom. The Hall–Kier alpha value is -4.06. The largest absolute Gasteiger partial charge is 0.461 e. The summed E-state index contributed by atoms with van der Waals surface area (Å²) in [5.41, 5.74) is 2.35. The van der Waals surface area contributed by atoms with Crippen molar-refractivity contribution in [3.63, 3.8) is 0 Å². The maximum absolute atomic E-state index is 13.6. The maximum Gasteiger partial charge on any atom is 0.297 e. The molecule has 0 amide bonds. The molecule has 0 atom stereocenters. The standard InChI is InChI=1S/C24H16N2O4/c1-2-25-23-15-9-4-3-8-14(15)19(21(27)18-12-7-13-29-18)26(23)20-16-10-5-6-11-17(16)30-22(20)24(25)28/h3-13H,2H2,1H3. The van der Waals surface area contributed by atoms with Crippen LogP contribution in [0.5, 0.6) is 0 Å². The van der Waals surface area contributed by atoms with Gasteiger partial charge in [0.2, 0.25) is 11.4 Å². The van der Waals surface area contributed by atoms with Crippen LogP contribution in [0.4, 0.5) is 0 Å². The third kappa shape index (κ3) is 2.02. The van der Waals surface area contributed by atoms with E-state index in [9.17, 15) is 9.59 Å². The molecule has 0 aliphatic heterocycles. The van der Waals surface area contributed by atoms with E-state index in [-0.39, 0.29) is 22.7 Å². The first kappa shape index (κ1) is 16.9. The van der Waals surface area contributed by atoms with Crippen LogP contribution < -0.4 is 5.56 Å². The minimum atomic E-state index is -0.246. The van der Waals surface area contributed by atoms with E-state index in [1.54, 1.807) is 16.7 Å². The number of fused-ring (bicyclic) bond motifs is 7. The molecule has 6 heteroatoms. The smallest absolute Gasteiger partial charge is 0.297 e. The van der Waals surface area contributed by atoms with Crippen molar-refractivity contribution in [2.75, 3.05) is 0 Å². The highest BCUT2D eigenvalue weighted by Crippen LogP contribution is 2.34. The molecular weight excluding hydrogens is 380 g/mol. The second kappa shape index (κ2) is 5.97. The van der Waals surface area contributed by atoms with Crippen LogP contribution in [-0.2, 0) is 6.54 Å². The van der Waals surface area contributed by atoms with Gasteiger partial charge < -0.3 is 8.83 Å². The van der Waals surface area contributed by atoms with Gasteiger partial charge in [0, 0.05) is 22.7 Å². The molecule has 0 unspecified atom stereocenters. The van der Waals surface area contributed by atoms with Gasteiger partial charge in [-0.1, -0.05) is 36.4 Å². The molecule has 6 aromatic rings. The van der Waals surface area contributed by atoms with E-state index in [0.717, 1.165) is 16.2 Å². The molecule has 0 fully saturated rings.